The molecule has 1 aliphatic carbocycles. The van der Waals surface area contributed by atoms with Gasteiger partial charge in [0.2, 0.25) is 5.78 Å². The summed E-state index contributed by atoms with van der Waals surface area (Å²) in [6.45, 7) is 13.5. The molecule has 2 amide bonds. The molecule has 0 saturated carbocycles. The van der Waals surface area contributed by atoms with Crippen LogP contribution >= 0.6 is 0 Å². The number of hydrogen-bond donors (Lipinski definition) is 4. The van der Waals surface area contributed by atoms with Crippen molar-refractivity contribution in [1.29, 1.82) is 0 Å². The van der Waals surface area contributed by atoms with Gasteiger partial charge in [0.05, 0.1) is 35.7 Å². The maximum absolute atomic E-state index is 14.5. The highest BCUT2D eigenvalue weighted by Crippen LogP contribution is 2.50. The average molecular weight is 822 g/mol. The van der Waals surface area contributed by atoms with Crippen molar-refractivity contribution in [1.82, 2.24) is 9.80 Å². The van der Waals surface area contributed by atoms with E-state index >= 15 is 0 Å². The SMILES string of the molecule is COC1/C=C/OC2(C)Oc3c(C)c(O)c4c(c3C2=O)C(O)=C(C(=O)N2CCN(C)CC2)C(=NC(=O)/C(C)=C\C=C\C(C)C(O)C(C)C(O)C(C)C(OC(C)=O)C1C)C4=O. The molecule has 0 aromatic heterocycles. The van der Waals surface area contributed by atoms with E-state index in [1.165, 1.54) is 57.9 Å². The van der Waals surface area contributed by atoms with Crippen LogP contribution in [-0.4, -0.2) is 136 Å². The second-order valence-electron chi connectivity index (χ2n) is 16.1. The number of methoxy groups -OCH3 is 1. The zero-order valence-electron chi connectivity index (χ0n) is 35.1. The summed E-state index contributed by atoms with van der Waals surface area (Å²) in [5.74, 6) is -10.8. The zero-order chi connectivity index (χ0) is 43.8. The van der Waals surface area contributed by atoms with Gasteiger partial charge in [-0.25, -0.2) is 4.99 Å². The Morgan fingerprint density at radius 3 is 2.17 bits per heavy atom. The minimum Gasteiger partial charge on any atom is -0.507 e. The largest absolute Gasteiger partial charge is 0.507 e. The summed E-state index contributed by atoms with van der Waals surface area (Å²) >= 11 is 0. The Hall–Kier alpha value is -5.16. The van der Waals surface area contributed by atoms with Crippen molar-refractivity contribution < 1.29 is 63.3 Å². The van der Waals surface area contributed by atoms with E-state index in [-0.39, 0.29) is 35.5 Å². The summed E-state index contributed by atoms with van der Waals surface area (Å²) in [4.78, 5) is 76.6. The number of aliphatic hydroxyl groups excluding tert-OH is 3. The number of amides is 2. The highest BCUT2D eigenvalue weighted by Gasteiger charge is 2.53. The number of piperazine rings is 1. The van der Waals surface area contributed by atoms with Crippen molar-refractivity contribution in [2.45, 2.75) is 85.6 Å². The van der Waals surface area contributed by atoms with Crippen molar-refractivity contribution in [3.05, 3.63) is 64.0 Å². The molecule has 6 rings (SSSR count). The number of Topliss-reactive ketones (excluding diaryl/α,β-unsaturated/α-hetero) is 2. The normalized spacial score (nSPS) is 33.1. The lowest BCUT2D eigenvalue weighted by Crippen LogP contribution is -2.49. The lowest BCUT2D eigenvalue weighted by molar-refractivity contribution is -0.160. The van der Waals surface area contributed by atoms with Gasteiger partial charge in [-0.05, 0) is 27.0 Å². The van der Waals surface area contributed by atoms with Gasteiger partial charge in [0.1, 0.15) is 34.6 Å². The summed E-state index contributed by atoms with van der Waals surface area (Å²) in [5.41, 5.74) is -2.73. The molecule has 4 N–H and O–H groups in total. The second-order valence-corrected chi connectivity index (χ2v) is 16.1. The number of fused-ring (bicyclic) bond motifs is 13. The van der Waals surface area contributed by atoms with Crippen LogP contribution < -0.4 is 4.74 Å². The van der Waals surface area contributed by atoms with E-state index in [0.717, 1.165) is 6.26 Å². The van der Waals surface area contributed by atoms with Crippen molar-refractivity contribution >= 4 is 40.8 Å². The molecule has 59 heavy (non-hydrogen) atoms. The van der Waals surface area contributed by atoms with Crippen molar-refractivity contribution in [2.24, 2.45) is 28.7 Å². The first-order valence-corrected chi connectivity index (χ1v) is 19.6. The molecule has 5 bridgehead atoms. The summed E-state index contributed by atoms with van der Waals surface area (Å²) in [5, 5.41) is 46.4. The van der Waals surface area contributed by atoms with Gasteiger partial charge in [-0.1, -0.05) is 45.9 Å². The molecule has 1 saturated heterocycles. The van der Waals surface area contributed by atoms with Gasteiger partial charge in [0.15, 0.2) is 0 Å². The Bertz CT molecular complexity index is 2060. The number of likely N-dealkylation sites (N-methyl/N-ethyl adjacent to an activating group) is 1. The number of esters is 1. The molecule has 4 aliphatic heterocycles. The minimum atomic E-state index is -2.13. The van der Waals surface area contributed by atoms with E-state index in [0.29, 0.717) is 13.1 Å². The molecule has 4 heterocycles. The van der Waals surface area contributed by atoms with Crippen LogP contribution in [0.2, 0.25) is 0 Å². The smallest absolute Gasteiger partial charge is 0.312 e. The van der Waals surface area contributed by atoms with E-state index in [4.69, 9.17) is 18.9 Å². The first-order chi connectivity index (χ1) is 27.7. The standard InChI is InChI=1S/C43H55N3O13/c1-20-12-11-13-21(2)41(54)44-32-31(42(55)46-17-15-45(9)16-18-46)36(51)28-29(37(32)52)35(50)25(6)39-30(28)40(53)43(8,59-39)57-19-14-27(56-10)22(3)38(58-26(7)47)24(5)34(49)23(4)33(20)48/h11-14,19-20,22-24,27,33-34,38,48-51H,15-18H2,1-10H3/b12-11+,19-14+,21-13-,44-32?. The maximum Gasteiger partial charge on any atom is 0.312 e. The molecule has 9 unspecified atom stereocenters. The number of ether oxygens (including phenoxy) is 4. The van der Waals surface area contributed by atoms with Crippen LogP contribution in [0, 0.1) is 30.6 Å². The first kappa shape index (κ1) is 44.9. The van der Waals surface area contributed by atoms with Gasteiger partial charge in [0.25, 0.3) is 17.6 Å². The molecule has 1 aromatic rings. The van der Waals surface area contributed by atoms with E-state index in [9.17, 15) is 44.4 Å². The van der Waals surface area contributed by atoms with Crippen LogP contribution in [0.25, 0.3) is 5.76 Å². The fourth-order valence-corrected chi connectivity index (χ4v) is 8.02. The van der Waals surface area contributed by atoms with Crippen LogP contribution in [-0.2, 0) is 28.6 Å². The lowest BCUT2D eigenvalue weighted by Gasteiger charge is -2.38. The van der Waals surface area contributed by atoms with Crippen molar-refractivity contribution in [2.75, 3.05) is 40.3 Å². The summed E-state index contributed by atoms with van der Waals surface area (Å²) < 4.78 is 23.4. The molecular weight excluding hydrogens is 766 g/mol. The fraction of sp³-hybridized carbons (Fsp3) is 0.535. The highest BCUT2D eigenvalue weighted by atomic mass is 16.7. The van der Waals surface area contributed by atoms with Gasteiger partial charge < -0.3 is 49.2 Å². The zero-order valence-corrected chi connectivity index (χ0v) is 35.1. The fourth-order valence-electron chi connectivity index (χ4n) is 8.02. The topological polar surface area (TPSA) is 222 Å². The number of aromatic hydroxyl groups is 1. The molecule has 16 nitrogen and oxygen atoms in total. The van der Waals surface area contributed by atoms with Crippen LogP contribution in [0.5, 0.6) is 11.5 Å². The van der Waals surface area contributed by atoms with Crippen LogP contribution in [0.4, 0.5) is 0 Å². The number of benzene rings is 1. The number of rotatable bonds is 3. The predicted octanol–water partition coefficient (Wildman–Crippen LogP) is 3.46. The van der Waals surface area contributed by atoms with E-state index < -0.39 is 117 Å². The highest BCUT2D eigenvalue weighted by molar-refractivity contribution is 6.61. The average Bonchev–Trinajstić information content (AvgIpc) is 3.46. The number of phenolic OH excluding ortho intramolecular Hbond substituents is 1. The number of hydrogen-bond acceptors (Lipinski definition) is 14. The van der Waals surface area contributed by atoms with E-state index in [1.807, 2.05) is 11.9 Å². The van der Waals surface area contributed by atoms with Crippen LogP contribution in [0.1, 0.15) is 80.3 Å². The number of aliphatic hydroxyl groups is 3. The number of ketones is 2. The Morgan fingerprint density at radius 1 is 0.915 bits per heavy atom. The van der Waals surface area contributed by atoms with Gasteiger partial charge >= 0.3 is 11.8 Å². The van der Waals surface area contributed by atoms with E-state index in [1.54, 1.807) is 33.8 Å². The molecular formula is C43H55N3O13. The molecule has 0 spiro atoms. The molecule has 1 fully saturated rings. The molecule has 0 radical (unpaired) electrons. The van der Waals surface area contributed by atoms with Gasteiger partial charge in [0, 0.05) is 87.5 Å². The molecule has 5 aliphatic rings. The molecule has 9 atom stereocenters. The third kappa shape index (κ3) is 8.49. The molecule has 1 aromatic carbocycles. The Balaban J connectivity index is 1.72. The van der Waals surface area contributed by atoms with Gasteiger partial charge in [-0.15, -0.1) is 0 Å². The third-order valence-electron chi connectivity index (χ3n) is 11.9. The number of nitrogens with zero attached hydrogens (tertiary/aromatic N) is 3. The van der Waals surface area contributed by atoms with Crippen LogP contribution in [0.3, 0.4) is 0 Å². The number of aliphatic imine (C=N–C) groups is 1. The summed E-state index contributed by atoms with van der Waals surface area (Å²) in [6, 6.07) is 0. The predicted molar refractivity (Wildman–Crippen MR) is 215 cm³/mol. The third-order valence-corrected chi connectivity index (χ3v) is 11.9. The Morgan fingerprint density at radius 2 is 1.56 bits per heavy atom. The minimum absolute atomic E-state index is 0.0147. The first-order valence-electron chi connectivity index (χ1n) is 19.6. The monoisotopic (exact) mass is 821 g/mol. The maximum atomic E-state index is 14.5. The van der Waals surface area contributed by atoms with Gasteiger partial charge in [-0.3, -0.25) is 24.0 Å². The number of allylic oxidation sites excluding steroid dienone is 2. The molecule has 16 heteroatoms. The van der Waals surface area contributed by atoms with Crippen molar-refractivity contribution in [3.8, 4) is 11.5 Å². The molecule has 320 valence electrons. The summed E-state index contributed by atoms with van der Waals surface area (Å²) in [6.07, 6.45) is 3.10. The second kappa shape index (κ2) is 17.6. The number of carbonyl (C=O) groups is 5. The quantitative estimate of drug-likeness (QED) is 0.321. The Kier molecular flexibility index (Phi) is 13.4. The van der Waals surface area contributed by atoms with Crippen molar-refractivity contribution in [3.63, 3.8) is 0 Å². The van der Waals surface area contributed by atoms with E-state index in [2.05, 4.69) is 4.99 Å². The van der Waals surface area contributed by atoms with Gasteiger partial charge in [-0.2, -0.15) is 0 Å². The lowest BCUT2D eigenvalue weighted by atomic mass is 9.78. The number of phenols is 1. The van der Waals surface area contributed by atoms with Crippen LogP contribution in [0.15, 0.2) is 46.7 Å². The number of carbonyl (C=O) groups excluding carboxylic acids is 5. The summed E-state index contributed by atoms with van der Waals surface area (Å²) in [7, 11) is 3.28. The Labute approximate surface area is 343 Å².